The van der Waals surface area contributed by atoms with Gasteiger partial charge in [-0.15, -0.1) is 0 Å². The number of nitrogens with two attached hydrogens (primary N) is 1. The zero-order chi connectivity index (χ0) is 13.6. The molecule has 1 unspecified atom stereocenters. The second-order valence-electron chi connectivity index (χ2n) is 4.49. The molecule has 0 spiro atoms. The van der Waals surface area contributed by atoms with Crippen LogP contribution in [0.2, 0.25) is 0 Å². The Balaban J connectivity index is 2.93. The summed E-state index contributed by atoms with van der Waals surface area (Å²) in [5.74, 6) is 1.13. The Bertz CT molecular complexity index is 348. The molecule has 1 heterocycles. The van der Waals surface area contributed by atoms with Gasteiger partial charge < -0.3 is 15.0 Å². The Kier molecular flexibility index (Phi) is 5.75. The van der Waals surface area contributed by atoms with Gasteiger partial charge in [0.05, 0.1) is 6.04 Å². The van der Waals surface area contributed by atoms with Crippen LogP contribution in [0.15, 0.2) is 4.52 Å². The number of rotatable bonds is 8. The van der Waals surface area contributed by atoms with Crippen molar-refractivity contribution in [3.63, 3.8) is 0 Å². The molecule has 104 valence electrons. The smallest absolute Gasteiger partial charge is 0.243 e. The van der Waals surface area contributed by atoms with Gasteiger partial charge in [-0.05, 0) is 26.2 Å². The summed E-state index contributed by atoms with van der Waals surface area (Å²) in [4.78, 5) is 4.43. The number of aromatic nitrogens is 2. The van der Waals surface area contributed by atoms with E-state index in [1.807, 2.05) is 6.92 Å². The molecule has 2 N–H and O–H groups in total. The fourth-order valence-corrected chi connectivity index (χ4v) is 2.12. The summed E-state index contributed by atoms with van der Waals surface area (Å²) < 4.78 is 11.1. The van der Waals surface area contributed by atoms with E-state index >= 15 is 0 Å². The first-order valence-electron chi connectivity index (χ1n) is 6.87. The van der Waals surface area contributed by atoms with Crippen LogP contribution < -0.4 is 5.73 Å². The fourth-order valence-electron chi connectivity index (χ4n) is 2.12. The van der Waals surface area contributed by atoms with E-state index in [-0.39, 0.29) is 6.04 Å². The Hall–Kier alpha value is -0.940. The van der Waals surface area contributed by atoms with E-state index in [9.17, 15) is 0 Å². The van der Waals surface area contributed by atoms with Crippen LogP contribution in [0.25, 0.3) is 0 Å². The number of nitrogens with zero attached hydrogens (tertiary/aromatic N) is 2. The highest BCUT2D eigenvalue weighted by molar-refractivity contribution is 5.02. The predicted molar refractivity (Wildman–Crippen MR) is 70.0 cm³/mol. The van der Waals surface area contributed by atoms with Gasteiger partial charge in [-0.2, -0.15) is 4.98 Å². The van der Waals surface area contributed by atoms with Crippen LogP contribution in [0.1, 0.15) is 71.1 Å². The molecule has 1 aromatic heterocycles. The first kappa shape index (κ1) is 15.1. The molecule has 0 aliphatic carbocycles. The summed E-state index contributed by atoms with van der Waals surface area (Å²) in [7, 11) is 0. The quantitative estimate of drug-likeness (QED) is 0.773. The first-order chi connectivity index (χ1) is 8.63. The lowest BCUT2D eigenvalue weighted by molar-refractivity contribution is -0.0583. The molecule has 5 heteroatoms. The maximum absolute atomic E-state index is 5.98. The first-order valence-corrected chi connectivity index (χ1v) is 6.87. The Morgan fingerprint density at radius 1 is 1.28 bits per heavy atom. The molecule has 0 aliphatic heterocycles. The molecule has 0 radical (unpaired) electrons. The Morgan fingerprint density at radius 2 is 1.94 bits per heavy atom. The van der Waals surface area contributed by atoms with Crippen molar-refractivity contribution in [2.75, 3.05) is 6.61 Å². The fraction of sp³-hybridized carbons (Fsp3) is 0.846. The van der Waals surface area contributed by atoms with Gasteiger partial charge in [-0.3, -0.25) is 0 Å². The lowest BCUT2D eigenvalue weighted by atomic mass is 9.96. The third-order valence-electron chi connectivity index (χ3n) is 3.33. The zero-order valence-corrected chi connectivity index (χ0v) is 11.9. The van der Waals surface area contributed by atoms with Gasteiger partial charge >= 0.3 is 0 Å². The average Bonchev–Trinajstić information content (AvgIpc) is 2.86. The molecule has 0 aromatic carbocycles. The highest BCUT2D eigenvalue weighted by atomic mass is 16.5. The standard InChI is InChI=1S/C13H25N3O2/c1-5-9-10(14)11-15-12(16-18-11)13(6-2,7-3)17-8-4/h10H,5-9,14H2,1-4H3. The third kappa shape index (κ3) is 3.09. The van der Waals surface area contributed by atoms with Crippen molar-refractivity contribution in [2.24, 2.45) is 5.73 Å². The van der Waals surface area contributed by atoms with Crippen LogP contribution in [0.5, 0.6) is 0 Å². The molecule has 0 bridgehead atoms. The summed E-state index contributed by atoms with van der Waals surface area (Å²) in [5.41, 5.74) is 5.54. The van der Waals surface area contributed by atoms with Gasteiger partial charge in [0.25, 0.3) is 0 Å². The molecule has 1 rings (SSSR count). The minimum atomic E-state index is -0.442. The van der Waals surface area contributed by atoms with Crippen LogP contribution in [-0.4, -0.2) is 16.7 Å². The summed E-state index contributed by atoms with van der Waals surface area (Å²) in [6.45, 7) is 8.83. The Morgan fingerprint density at radius 3 is 2.44 bits per heavy atom. The largest absolute Gasteiger partial charge is 0.367 e. The molecule has 0 saturated heterocycles. The molecular weight excluding hydrogens is 230 g/mol. The summed E-state index contributed by atoms with van der Waals surface area (Å²) in [5, 5.41) is 4.06. The van der Waals surface area contributed by atoms with E-state index in [1.54, 1.807) is 0 Å². The maximum Gasteiger partial charge on any atom is 0.243 e. The van der Waals surface area contributed by atoms with Crippen LogP contribution in [0.4, 0.5) is 0 Å². The van der Waals surface area contributed by atoms with Crippen LogP contribution in [-0.2, 0) is 10.3 Å². The number of hydrogen-bond acceptors (Lipinski definition) is 5. The lowest BCUT2D eigenvalue weighted by Crippen LogP contribution is -2.30. The van der Waals surface area contributed by atoms with Gasteiger partial charge in [0.2, 0.25) is 11.7 Å². The molecule has 0 fully saturated rings. The molecule has 1 aromatic rings. The highest BCUT2D eigenvalue weighted by Crippen LogP contribution is 2.31. The third-order valence-corrected chi connectivity index (χ3v) is 3.33. The molecule has 0 saturated carbocycles. The molecule has 18 heavy (non-hydrogen) atoms. The monoisotopic (exact) mass is 255 g/mol. The van der Waals surface area contributed by atoms with Crippen molar-refractivity contribution in [3.05, 3.63) is 11.7 Å². The number of hydrogen-bond donors (Lipinski definition) is 1. The van der Waals surface area contributed by atoms with E-state index in [1.165, 1.54) is 0 Å². The normalized spacial score (nSPS) is 13.8. The van der Waals surface area contributed by atoms with Crippen molar-refractivity contribution >= 4 is 0 Å². The summed E-state index contributed by atoms with van der Waals surface area (Å²) in [6, 6.07) is -0.177. The van der Waals surface area contributed by atoms with E-state index in [0.29, 0.717) is 18.3 Å². The maximum atomic E-state index is 5.98. The van der Waals surface area contributed by atoms with Gasteiger partial charge in [0.15, 0.2) is 0 Å². The van der Waals surface area contributed by atoms with Crippen molar-refractivity contribution in [2.45, 2.75) is 65.0 Å². The SMILES string of the molecule is CCCC(N)c1nc(C(CC)(CC)OCC)no1. The number of ether oxygens (including phenoxy) is 1. The highest BCUT2D eigenvalue weighted by Gasteiger charge is 2.35. The molecular formula is C13H25N3O2. The molecule has 1 atom stereocenters. The molecule has 0 amide bonds. The van der Waals surface area contributed by atoms with Crippen LogP contribution in [0, 0.1) is 0 Å². The minimum absolute atomic E-state index is 0.177. The van der Waals surface area contributed by atoms with Crippen molar-refractivity contribution in [1.82, 2.24) is 10.1 Å². The predicted octanol–water partition coefficient (Wildman–Crippen LogP) is 2.92. The van der Waals surface area contributed by atoms with Crippen molar-refractivity contribution in [3.8, 4) is 0 Å². The summed E-state index contributed by atoms with van der Waals surface area (Å²) in [6.07, 6.45) is 3.48. The van der Waals surface area contributed by atoms with Crippen LogP contribution in [0.3, 0.4) is 0 Å². The lowest BCUT2D eigenvalue weighted by Gasteiger charge is -2.27. The van der Waals surface area contributed by atoms with Crippen molar-refractivity contribution in [1.29, 1.82) is 0 Å². The second-order valence-corrected chi connectivity index (χ2v) is 4.49. The minimum Gasteiger partial charge on any atom is -0.367 e. The van der Waals surface area contributed by atoms with Gasteiger partial charge in [0.1, 0.15) is 5.60 Å². The topological polar surface area (TPSA) is 74.2 Å². The van der Waals surface area contributed by atoms with Crippen LogP contribution >= 0.6 is 0 Å². The molecule has 0 aliphatic rings. The van der Waals surface area contributed by atoms with E-state index in [4.69, 9.17) is 15.0 Å². The van der Waals surface area contributed by atoms with E-state index < -0.39 is 5.60 Å². The van der Waals surface area contributed by atoms with Gasteiger partial charge in [-0.1, -0.05) is 32.3 Å². The van der Waals surface area contributed by atoms with Gasteiger partial charge in [0, 0.05) is 6.61 Å². The van der Waals surface area contributed by atoms with E-state index in [2.05, 4.69) is 30.9 Å². The average molecular weight is 255 g/mol. The second kappa shape index (κ2) is 6.85. The molecule has 5 nitrogen and oxygen atoms in total. The Labute approximate surface area is 109 Å². The zero-order valence-electron chi connectivity index (χ0n) is 11.9. The summed E-state index contributed by atoms with van der Waals surface area (Å²) >= 11 is 0. The van der Waals surface area contributed by atoms with Crippen molar-refractivity contribution < 1.29 is 9.26 Å². The van der Waals surface area contributed by atoms with Gasteiger partial charge in [-0.25, -0.2) is 0 Å². The van der Waals surface area contributed by atoms with E-state index in [0.717, 1.165) is 25.7 Å².